The van der Waals surface area contributed by atoms with Gasteiger partial charge in [0.2, 0.25) is 0 Å². The normalized spacial score (nSPS) is 14.2. The number of imidazole rings is 1. The molecule has 2 heterocycles. The van der Waals surface area contributed by atoms with E-state index in [1.165, 1.54) is 18.2 Å². The van der Waals surface area contributed by atoms with E-state index in [9.17, 15) is 13.2 Å². The predicted molar refractivity (Wildman–Crippen MR) is 104 cm³/mol. The van der Waals surface area contributed by atoms with Gasteiger partial charge in [-0.1, -0.05) is 13.0 Å². The molecule has 5 nitrogen and oxygen atoms in total. The topological polar surface area (TPSA) is 94.3 Å². The van der Waals surface area contributed by atoms with E-state index >= 15 is 0 Å². The van der Waals surface area contributed by atoms with Gasteiger partial charge in [-0.25, -0.2) is 4.98 Å². The SMILES string of the molecule is CCc1cc(C)c2[nH]ccc2c1C(N)(c1nc2cc(C#N)ccc2[nH]1)C(F)(F)F. The maximum absolute atomic E-state index is 14.6. The summed E-state index contributed by atoms with van der Waals surface area (Å²) in [5.74, 6) is -0.406. The molecule has 2 aromatic carbocycles. The first kappa shape index (κ1) is 19.0. The van der Waals surface area contributed by atoms with E-state index in [-0.39, 0.29) is 11.1 Å². The number of nitrogens with one attached hydrogen (secondary N) is 2. The molecule has 0 saturated carbocycles. The van der Waals surface area contributed by atoms with Crippen LogP contribution in [0.15, 0.2) is 36.5 Å². The summed E-state index contributed by atoms with van der Waals surface area (Å²) in [6.45, 7) is 3.64. The first-order chi connectivity index (χ1) is 13.7. The molecule has 0 radical (unpaired) electrons. The molecule has 29 heavy (non-hydrogen) atoms. The average molecular weight is 397 g/mol. The summed E-state index contributed by atoms with van der Waals surface area (Å²) in [6, 6.07) is 9.80. The van der Waals surface area contributed by atoms with Crippen molar-refractivity contribution in [3.8, 4) is 6.07 Å². The predicted octanol–water partition coefficient (Wildman–Crippen LogP) is 4.55. The lowest BCUT2D eigenvalue weighted by atomic mass is 9.81. The Hall–Kier alpha value is -3.31. The lowest BCUT2D eigenvalue weighted by Crippen LogP contribution is -2.53. The van der Waals surface area contributed by atoms with Crippen molar-refractivity contribution in [2.75, 3.05) is 0 Å². The maximum Gasteiger partial charge on any atom is 0.417 e. The van der Waals surface area contributed by atoms with Crippen molar-refractivity contribution in [3.05, 3.63) is 64.6 Å². The Bertz CT molecular complexity index is 1280. The maximum atomic E-state index is 14.6. The van der Waals surface area contributed by atoms with E-state index in [0.717, 1.165) is 5.56 Å². The largest absolute Gasteiger partial charge is 0.417 e. The molecule has 0 fully saturated rings. The summed E-state index contributed by atoms with van der Waals surface area (Å²) in [6.07, 6.45) is -2.83. The number of fused-ring (bicyclic) bond motifs is 2. The van der Waals surface area contributed by atoms with Crippen LogP contribution in [0.2, 0.25) is 0 Å². The monoisotopic (exact) mass is 397 g/mol. The zero-order valence-electron chi connectivity index (χ0n) is 15.8. The van der Waals surface area contributed by atoms with Crippen LogP contribution < -0.4 is 5.73 Å². The number of rotatable bonds is 3. The van der Waals surface area contributed by atoms with Gasteiger partial charge in [0.25, 0.3) is 0 Å². The van der Waals surface area contributed by atoms with Crippen LogP contribution in [0.3, 0.4) is 0 Å². The molecule has 1 atom stereocenters. The minimum Gasteiger partial charge on any atom is -0.361 e. The third-order valence-corrected chi connectivity index (χ3v) is 5.33. The van der Waals surface area contributed by atoms with E-state index in [2.05, 4.69) is 15.0 Å². The highest BCUT2D eigenvalue weighted by molar-refractivity contribution is 5.89. The van der Waals surface area contributed by atoms with Gasteiger partial charge in [0, 0.05) is 22.7 Å². The summed E-state index contributed by atoms with van der Waals surface area (Å²) >= 11 is 0. The fourth-order valence-electron chi connectivity index (χ4n) is 3.88. The van der Waals surface area contributed by atoms with Crippen LogP contribution >= 0.6 is 0 Å². The Morgan fingerprint density at radius 2 is 1.97 bits per heavy atom. The van der Waals surface area contributed by atoms with Gasteiger partial charge in [-0.05, 0) is 48.7 Å². The van der Waals surface area contributed by atoms with Gasteiger partial charge < -0.3 is 15.7 Å². The van der Waals surface area contributed by atoms with Crippen LogP contribution in [0, 0.1) is 18.3 Å². The van der Waals surface area contributed by atoms with Crippen LogP contribution in [-0.4, -0.2) is 21.1 Å². The van der Waals surface area contributed by atoms with Gasteiger partial charge in [-0.3, -0.25) is 0 Å². The minimum absolute atomic E-state index is 0.0195. The summed E-state index contributed by atoms with van der Waals surface area (Å²) in [5.41, 5.74) is 6.25. The van der Waals surface area contributed by atoms with Crippen LogP contribution in [0.5, 0.6) is 0 Å². The average Bonchev–Trinajstić information content (AvgIpc) is 3.33. The molecule has 0 bridgehead atoms. The minimum atomic E-state index is -4.82. The quantitative estimate of drug-likeness (QED) is 0.473. The van der Waals surface area contributed by atoms with Gasteiger partial charge in [-0.15, -0.1) is 0 Å². The molecule has 0 aliphatic heterocycles. The molecule has 0 spiro atoms. The first-order valence-corrected chi connectivity index (χ1v) is 9.06. The highest BCUT2D eigenvalue weighted by atomic mass is 19.4. The standard InChI is InChI=1S/C21H18F3N5/c1-3-13-8-11(2)18-14(6-7-27-18)17(13)20(26,21(22,23)24)19-28-15-5-4-12(10-25)9-16(15)29-19/h4-9,27H,3,26H2,1-2H3,(H,28,29). The van der Waals surface area contributed by atoms with E-state index in [1.807, 2.05) is 13.0 Å². The number of H-pyrrole nitrogens is 2. The molecule has 4 rings (SSSR count). The molecule has 4 N–H and O–H groups in total. The number of nitriles is 1. The number of aromatic nitrogens is 3. The van der Waals surface area contributed by atoms with Crippen molar-refractivity contribution < 1.29 is 13.2 Å². The molecular formula is C21H18F3N5. The number of nitrogens with two attached hydrogens (primary N) is 1. The van der Waals surface area contributed by atoms with E-state index in [0.29, 0.717) is 34.0 Å². The van der Waals surface area contributed by atoms with Gasteiger partial charge >= 0.3 is 6.18 Å². The molecule has 8 heteroatoms. The van der Waals surface area contributed by atoms with Crippen molar-refractivity contribution >= 4 is 21.9 Å². The summed E-state index contributed by atoms with van der Waals surface area (Å²) in [5, 5.41) is 9.48. The second-order valence-electron chi connectivity index (χ2n) is 7.08. The molecule has 1 unspecified atom stereocenters. The molecule has 4 aromatic rings. The highest BCUT2D eigenvalue weighted by Crippen LogP contribution is 2.46. The third kappa shape index (κ3) is 2.69. The van der Waals surface area contributed by atoms with Crippen LogP contribution in [0.25, 0.3) is 21.9 Å². The zero-order valence-corrected chi connectivity index (χ0v) is 15.8. The summed E-state index contributed by atoms with van der Waals surface area (Å²) in [4.78, 5) is 9.91. The molecule has 148 valence electrons. The second-order valence-corrected chi connectivity index (χ2v) is 7.08. The summed E-state index contributed by atoms with van der Waals surface area (Å²) < 4.78 is 43.7. The Labute approximate surface area is 164 Å². The third-order valence-electron chi connectivity index (χ3n) is 5.33. The van der Waals surface area contributed by atoms with Gasteiger partial charge in [0.1, 0.15) is 5.82 Å². The fraction of sp³-hybridized carbons (Fsp3) is 0.238. The van der Waals surface area contributed by atoms with E-state index < -0.39 is 17.5 Å². The first-order valence-electron chi connectivity index (χ1n) is 9.06. The van der Waals surface area contributed by atoms with E-state index in [4.69, 9.17) is 11.0 Å². The number of nitrogens with zero attached hydrogens (tertiary/aromatic N) is 2. The van der Waals surface area contributed by atoms with E-state index in [1.54, 1.807) is 25.3 Å². The molecule has 0 amide bonds. The number of hydrogen-bond donors (Lipinski definition) is 3. The Morgan fingerprint density at radius 1 is 1.21 bits per heavy atom. The molecule has 0 aliphatic rings. The number of alkyl halides is 3. The smallest absolute Gasteiger partial charge is 0.361 e. The lowest BCUT2D eigenvalue weighted by molar-refractivity contribution is -0.178. The number of hydrogen-bond acceptors (Lipinski definition) is 3. The number of halogens is 3. The van der Waals surface area contributed by atoms with Gasteiger partial charge in [0.05, 0.1) is 22.7 Å². The molecule has 0 aliphatic carbocycles. The molecular weight excluding hydrogens is 379 g/mol. The Kier molecular flexibility index (Phi) is 4.17. The van der Waals surface area contributed by atoms with Crippen molar-refractivity contribution in [2.45, 2.75) is 32.0 Å². The number of aromatic amines is 2. The Balaban J connectivity index is 2.09. The number of aryl methyl sites for hydroxylation is 2. The van der Waals surface area contributed by atoms with Crippen molar-refractivity contribution in [3.63, 3.8) is 0 Å². The lowest BCUT2D eigenvalue weighted by Gasteiger charge is -2.33. The molecule has 2 aromatic heterocycles. The van der Waals surface area contributed by atoms with Crippen molar-refractivity contribution in [1.29, 1.82) is 5.26 Å². The van der Waals surface area contributed by atoms with Crippen LogP contribution in [0.4, 0.5) is 13.2 Å². The van der Waals surface area contributed by atoms with Crippen molar-refractivity contribution in [1.82, 2.24) is 15.0 Å². The van der Waals surface area contributed by atoms with Crippen molar-refractivity contribution in [2.24, 2.45) is 5.73 Å². The highest BCUT2D eigenvalue weighted by Gasteiger charge is 2.58. The number of benzene rings is 2. The molecule has 0 saturated heterocycles. The Morgan fingerprint density at radius 3 is 2.62 bits per heavy atom. The van der Waals surface area contributed by atoms with Gasteiger partial charge in [0.15, 0.2) is 5.54 Å². The summed E-state index contributed by atoms with van der Waals surface area (Å²) in [7, 11) is 0. The van der Waals surface area contributed by atoms with Crippen LogP contribution in [0.1, 0.15) is 35.0 Å². The fourth-order valence-corrected chi connectivity index (χ4v) is 3.88. The second kappa shape index (κ2) is 6.36. The van der Waals surface area contributed by atoms with Gasteiger partial charge in [-0.2, -0.15) is 18.4 Å². The van der Waals surface area contributed by atoms with Crippen LogP contribution in [-0.2, 0) is 12.0 Å². The zero-order chi connectivity index (χ0) is 21.0.